The Bertz CT molecular complexity index is 1180. The lowest BCUT2D eigenvalue weighted by atomic mass is 9.86. The molecule has 1 aliphatic carbocycles. The van der Waals surface area contributed by atoms with Crippen molar-refractivity contribution in [3.05, 3.63) is 108 Å². The second-order valence-corrected chi connectivity index (χ2v) is 9.28. The average molecular weight is 526 g/mol. The van der Waals surface area contributed by atoms with Crippen LogP contribution < -0.4 is 10.6 Å². The third kappa shape index (κ3) is 7.58. The number of ether oxygens (including phenoxy) is 1. The molecule has 0 aromatic heterocycles. The van der Waals surface area contributed by atoms with Crippen molar-refractivity contribution in [3.8, 4) is 0 Å². The summed E-state index contributed by atoms with van der Waals surface area (Å²) < 4.78 is 44.1. The van der Waals surface area contributed by atoms with E-state index in [1.54, 1.807) is 11.1 Å². The van der Waals surface area contributed by atoms with Crippen LogP contribution in [0.25, 0.3) is 0 Å². The van der Waals surface area contributed by atoms with Crippen LogP contribution >= 0.6 is 0 Å². The maximum absolute atomic E-state index is 13.4. The average Bonchev–Trinajstić information content (AvgIpc) is 3.16. The summed E-state index contributed by atoms with van der Waals surface area (Å²) in [5, 5.41) is 4.96. The van der Waals surface area contributed by atoms with E-state index < -0.39 is 18.2 Å². The minimum Gasteiger partial charge on any atom is -0.374 e. The molecule has 2 amide bonds. The van der Waals surface area contributed by atoms with Crippen molar-refractivity contribution in [2.24, 2.45) is 5.92 Å². The van der Waals surface area contributed by atoms with Gasteiger partial charge < -0.3 is 20.3 Å². The number of rotatable bonds is 8. The summed E-state index contributed by atoms with van der Waals surface area (Å²) in [4.78, 5) is 26.4. The van der Waals surface area contributed by atoms with Crippen molar-refractivity contribution in [2.75, 3.05) is 0 Å². The third-order valence-corrected chi connectivity index (χ3v) is 6.49. The fourth-order valence-corrected chi connectivity index (χ4v) is 4.52. The van der Waals surface area contributed by atoms with E-state index in [-0.39, 0.29) is 23.6 Å². The number of halogens is 3. The van der Waals surface area contributed by atoms with Gasteiger partial charge in [0, 0.05) is 24.0 Å². The van der Waals surface area contributed by atoms with Gasteiger partial charge in [0.1, 0.15) is 6.17 Å². The number of benzene rings is 2. The zero-order valence-electron chi connectivity index (χ0n) is 20.7. The lowest BCUT2D eigenvalue weighted by Gasteiger charge is -2.33. The van der Waals surface area contributed by atoms with Crippen LogP contribution in [0.3, 0.4) is 0 Å². The van der Waals surface area contributed by atoms with Crippen LogP contribution in [0.1, 0.15) is 43.0 Å². The molecule has 0 spiro atoms. The smallest absolute Gasteiger partial charge is 0.374 e. The number of allylic oxidation sites excluding steroid dienone is 3. The molecule has 9 heteroatoms. The number of carbonyl (C=O) groups is 2. The summed E-state index contributed by atoms with van der Waals surface area (Å²) >= 11 is 0. The summed E-state index contributed by atoms with van der Waals surface area (Å²) in [6.45, 7) is 0.496. The molecule has 2 N–H and O–H groups in total. The van der Waals surface area contributed by atoms with Crippen molar-refractivity contribution in [1.29, 1.82) is 0 Å². The first-order valence-corrected chi connectivity index (χ1v) is 12.5. The number of hydrogen-bond donors (Lipinski definition) is 2. The molecule has 4 rings (SSSR count). The van der Waals surface area contributed by atoms with Crippen LogP contribution in [0.4, 0.5) is 13.2 Å². The second kappa shape index (κ2) is 12.6. The fourth-order valence-electron chi connectivity index (χ4n) is 4.52. The monoisotopic (exact) mass is 525 g/mol. The van der Waals surface area contributed by atoms with E-state index in [4.69, 9.17) is 4.74 Å². The Morgan fingerprint density at radius 2 is 1.71 bits per heavy atom. The second-order valence-electron chi connectivity index (χ2n) is 9.28. The minimum atomic E-state index is -4.99. The highest BCUT2D eigenvalue weighted by Gasteiger charge is 2.39. The standard InChI is InChI=1S/C29H30F3N3O3/c30-29(31,32)28(37)33-24-14-8-17-35(18-16-24)26(22-11-5-2-6-12-22)34-27(36)23-13-7-15-25(19-23)38-20-21-9-3-1-4-10-21/h1-6,8-12,14,16-18,23,25-26H,7,13,15,19-20H2,(H,33,37)(H,34,36). The van der Waals surface area contributed by atoms with E-state index in [1.165, 1.54) is 24.4 Å². The Balaban J connectivity index is 1.42. The predicted molar refractivity (Wildman–Crippen MR) is 137 cm³/mol. The van der Waals surface area contributed by atoms with Crippen molar-refractivity contribution in [1.82, 2.24) is 15.5 Å². The molecule has 2 aromatic rings. The van der Waals surface area contributed by atoms with Gasteiger partial charge in [0.25, 0.3) is 0 Å². The molecule has 0 bridgehead atoms. The number of amides is 2. The van der Waals surface area contributed by atoms with E-state index in [1.807, 2.05) is 66.0 Å². The lowest BCUT2D eigenvalue weighted by molar-refractivity contribution is -0.172. The molecule has 2 aromatic carbocycles. The van der Waals surface area contributed by atoms with Gasteiger partial charge in [0.05, 0.1) is 12.7 Å². The quantitative estimate of drug-likeness (QED) is 0.479. The van der Waals surface area contributed by atoms with Gasteiger partial charge in [-0.25, -0.2) is 0 Å². The third-order valence-electron chi connectivity index (χ3n) is 6.49. The Kier molecular flexibility index (Phi) is 9.02. The lowest BCUT2D eigenvalue weighted by Crippen LogP contribution is -2.42. The first-order valence-electron chi connectivity index (χ1n) is 12.5. The van der Waals surface area contributed by atoms with Gasteiger partial charge in [0.15, 0.2) is 0 Å². The molecule has 1 heterocycles. The highest BCUT2D eigenvalue weighted by atomic mass is 19.4. The van der Waals surface area contributed by atoms with Gasteiger partial charge in [-0.3, -0.25) is 9.59 Å². The molecule has 38 heavy (non-hydrogen) atoms. The number of nitrogens with one attached hydrogen (secondary N) is 2. The maximum Gasteiger partial charge on any atom is 0.471 e. The zero-order chi connectivity index (χ0) is 27.0. The van der Waals surface area contributed by atoms with Gasteiger partial charge in [0.2, 0.25) is 5.91 Å². The van der Waals surface area contributed by atoms with Crippen molar-refractivity contribution in [3.63, 3.8) is 0 Å². The van der Waals surface area contributed by atoms with E-state index in [9.17, 15) is 22.8 Å². The molecule has 1 saturated carbocycles. The molecule has 1 aliphatic heterocycles. The molecule has 200 valence electrons. The van der Waals surface area contributed by atoms with Gasteiger partial charge in [-0.05, 0) is 48.6 Å². The van der Waals surface area contributed by atoms with Gasteiger partial charge in [-0.15, -0.1) is 0 Å². The van der Waals surface area contributed by atoms with Crippen LogP contribution in [0.5, 0.6) is 0 Å². The fraction of sp³-hybridized carbons (Fsp3) is 0.310. The minimum absolute atomic E-state index is 0.0168. The molecule has 1 fully saturated rings. The number of hydrogen-bond acceptors (Lipinski definition) is 4. The maximum atomic E-state index is 13.4. The predicted octanol–water partition coefficient (Wildman–Crippen LogP) is 5.48. The highest BCUT2D eigenvalue weighted by Crippen LogP contribution is 2.29. The largest absolute Gasteiger partial charge is 0.471 e. The molecule has 0 radical (unpaired) electrons. The van der Waals surface area contributed by atoms with Crippen molar-refractivity contribution in [2.45, 2.75) is 50.7 Å². The Morgan fingerprint density at radius 1 is 1.00 bits per heavy atom. The normalized spacial score (nSPS) is 20.3. The van der Waals surface area contributed by atoms with Crippen molar-refractivity contribution >= 4 is 11.8 Å². The molecule has 0 saturated heterocycles. The van der Waals surface area contributed by atoms with Gasteiger partial charge >= 0.3 is 12.1 Å². The highest BCUT2D eigenvalue weighted by molar-refractivity contribution is 5.83. The molecule has 3 atom stereocenters. The van der Waals surface area contributed by atoms with Gasteiger partial charge in [-0.2, -0.15) is 13.2 Å². The molecular weight excluding hydrogens is 495 g/mol. The SMILES string of the molecule is O=C(NC(c1ccccc1)N1C=CC=C(NC(=O)C(F)(F)F)C=C1)C1CCCC(OCc2ccccc2)C1. The summed E-state index contributed by atoms with van der Waals surface area (Å²) in [5.41, 5.74) is 1.86. The Morgan fingerprint density at radius 3 is 2.42 bits per heavy atom. The van der Waals surface area contributed by atoms with Crippen LogP contribution in [0, 0.1) is 5.92 Å². The number of carbonyl (C=O) groups excluding carboxylic acids is 2. The molecule has 2 aliphatic rings. The Labute approximate surface area is 219 Å². The topological polar surface area (TPSA) is 70.7 Å². The van der Waals surface area contributed by atoms with Crippen LogP contribution in [0.15, 0.2) is 97.0 Å². The summed E-state index contributed by atoms with van der Waals surface area (Å²) in [6, 6.07) is 19.2. The van der Waals surface area contributed by atoms with Crippen LogP contribution in [-0.4, -0.2) is 29.0 Å². The van der Waals surface area contributed by atoms with E-state index in [2.05, 4.69) is 5.32 Å². The molecular formula is C29H30F3N3O3. The van der Waals surface area contributed by atoms with E-state index in [0.29, 0.717) is 13.0 Å². The van der Waals surface area contributed by atoms with E-state index in [0.717, 1.165) is 30.4 Å². The summed E-state index contributed by atoms with van der Waals surface area (Å²) in [7, 11) is 0. The molecule has 6 nitrogen and oxygen atoms in total. The van der Waals surface area contributed by atoms with Crippen molar-refractivity contribution < 1.29 is 27.5 Å². The van der Waals surface area contributed by atoms with Gasteiger partial charge in [-0.1, -0.05) is 67.1 Å². The summed E-state index contributed by atoms with van der Waals surface area (Å²) in [5.74, 6) is -2.39. The van der Waals surface area contributed by atoms with E-state index >= 15 is 0 Å². The van der Waals surface area contributed by atoms with Crippen LogP contribution in [-0.2, 0) is 20.9 Å². The number of alkyl halides is 3. The first-order chi connectivity index (χ1) is 18.3. The molecule has 3 unspecified atom stereocenters. The summed E-state index contributed by atoms with van der Waals surface area (Å²) in [6.07, 6.45) is 4.92. The Hall–Kier alpha value is -3.85. The first kappa shape index (κ1) is 27.2. The van der Waals surface area contributed by atoms with Crippen LogP contribution in [0.2, 0.25) is 0 Å². The zero-order valence-corrected chi connectivity index (χ0v) is 20.7. The number of nitrogens with zero attached hydrogens (tertiary/aromatic N) is 1.